The number of fused-ring (bicyclic) bond motifs is 1. The van der Waals surface area contributed by atoms with Crippen molar-refractivity contribution in [3.05, 3.63) is 58.0 Å². The molecule has 1 fully saturated rings. The fraction of sp³-hybridized carbons (Fsp3) is 0.105. The summed E-state index contributed by atoms with van der Waals surface area (Å²) in [5.41, 5.74) is 2.25. The summed E-state index contributed by atoms with van der Waals surface area (Å²) in [5, 5.41) is 10.8. The molecule has 1 aliphatic heterocycles. The quantitative estimate of drug-likeness (QED) is 0.468. The molecule has 2 amide bonds. The van der Waals surface area contributed by atoms with Gasteiger partial charge in [-0.15, -0.1) is 0 Å². The average molecular weight is 445 g/mol. The first-order chi connectivity index (χ1) is 14.0. The Kier molecular flexibility index (Phi) is 5.61. The summed E-state index contributed by atoms with van der Waals surface area (Å²) in [6, 6.07) is 12.4. The van der Waals surface area contributed by atoms with Crippen LogP contribution >= 0.6 is 35.6 Å². The standard InChI is InChI=1S/C19H13ClN4O3S2/c20-12-5-2-1-4-11(12)10-15-18(26)24(19(28)29-15)9-8-16(25)21-13-6-3-7-14-17(13)23-27-22-14/h1-7,10H,8-9H2,(H,21,25). The third-order valence-electron chi connectivity index (χ3n) is 4.19. The number of nitrogens with one attached hydrogen (secondary N) is 1. The number of amides is 2. The minimum absolute atomic E-state index is 0.0769. The molecule has 0 bridgehead atoms. The number of aromatic nitrogens is 2. The van der Waals surface area contributed by atoms with Gasteiger partial charge in [0, 0.05) is 18.0 Å². The van der Waals surface area contributed by atoms with Crippen molar-refractivity contribution in [3.63, 3.8) is 0 Å². The number of halogens is 1. The highest BCUT2D eigenvalue weighted by Gasteiger charge is 2.32. The van der Waals surface area contributed by atoms with Crippen molar-refractivity contribution in [2.24, 2.45) is 0 Å². The van der Waals surface area contributed by atoms with Crippen LogP contribution in [0.4, 0.5) is 5.69 Å². The number of hydrogen-bond acceptors (Lipinski definition) is 7. The van der Waals surface area contributed by atoms with Gasteiger partial charge in [0.25, 0.3) is 5.91 Å². The Labute approximate surface area is 180 Å². The Morgan fingerprint density at radius 2 is 2.07 bits per heavy atom. The Morgan fingerprint density at radius 1 is 1.24 bits per heavy atom. The highest BCUT2D eigenvalue weighted by atomic mass is 35.5. The van der Waals surface area contributed by atoms with E-state index in [4.69, 9.17) is 23.8 Å². The van der Waals surface area contributed by atoms with E-state index in [1.165, 1.54) is 16.7 Å². The molecule has 2 aromatic carbocycles. The first-order valence-electron chi connectivity index (χ1n) is 8.54. The Balaban J connectivity index is 1.41. The van der Waals surface area contributed by atoms with E-state index in [1.54, 1.807) is 30.3 Å². The second-order valence-corrected chi connectivity index (χ2v) is 8.17. The van der Waals surface area contributed by atoms with Crippen LogP contribution in [0.15, 0.2) is 52.0 Å². The first kappa shape index (κ1) is 19.6. The molecular formula is C19H13ClN4O3S2. The van der Waals surface area contributed by atoms with Gasteiger partial charge >= 0.3 is 0 Å². The average Bonchev–Trinajstić information content (AvgIpc) is 3.28. The molecule has 3 aromatic rings. The van der Waals surface area contributed by atoms with E-state index in [-0.39, 0.29) is 24.8 Å². The number of rotatable bonds is 5. The summed E-state index contributed by atoms with van der Waals surface area (Å²) in [4.78, 5) is 26.9. The van der Waals surface area contributed by atoms with Crippen LogP contribution in [0.25, 0.3) is 17.1 Å². The maximum atomic E-state index is 12.7. The molecule has 10 heteroatoms. The molecule has 1 N–H and O–H groups in total. The third kappa shape index (κ3) is 4.16. The van der Waals surface area contributed by atoms with E-state index in [0.717, 1.165) is 5.56 Å². The minimum Gasteiger partial charge on any atom is -0.324 e. The molecule has 4 rings (SSSR count). The molecule has 1 aromatic heterocycles. The van der Waals surface area contributed by atoms with Crippen LogP contribution in [0.2, 0.25) is 5.02 Å². The fourth-order valence-corrected chi connectivity index (χ4v) is 4.25. The van der Waals surface area contributed by atoms with Crippen LogP contribution in [0, 0.1) is 0 Å². The maximum absolute atomic E-state index is 12.7. The van der Waals surface area contributed by atoms with E-state index >= 15 is 0 Å². The first-order valence-corrected chi connectivity index (χ1v) is 10.1. The van der Waals surface area contributed by atoms with Gasteiger partial charge in [0.1, 0.15) is 9.84 Å². The Hall–Kier alpha value is -2.75. The van der Waals surface area contributed by atoms with Crippen molar-refractivity contribution in [1.82, 2.24) is 15.2 Å². The predicted molar refractivity (Wildman–Crippen MR) is 116 cm³/mol. The van der Waals surface area contributed by atoms with E-state index in [2.05, 4.69) is 20.3 Å². The number of carbonyl (C=O) groups excluding carboxylic acids is 2. The van der Waals surface area contributed by atoms with Gasteiger partial charge in [-0.3, -0.25) is 14.5 Å². The lowest BCUT2D eigenvalue weighted by atomic mass is 10.2. The van der Waals surface area contributed by atoms with Crippen LogP contribution in [0.5, 0.6) is 0 Å². The number of hydrogen-bond donors (Lipinski definition) is 1. The van der Waals surface area contributed by atoms with Gasteiger partial charge in [0.2, 0.25) is 5.91 Å². The molecule has 0 saturated carbocycles. The van der Waals surface area contributed by atoms with E-state index < -0.39 is 0 Å². The third-order valence-corrected chi connectivity index (χ3v) is 5.91. The molecule has 0 unspecified atom stereocenters. The molecule has 0 spiro atoms. The van der Waals surface area contributed by atoms with Crippen LogP contribution in [0.1, 0.15) is 12.0 Å². The maximum Gasteiger partial charge on any atom is 0.266 e. The van der Waals surface area contributed by atoms with Gasteiger partial charge < -0.3 is 5.32 Å². The lowest BCUT2D eigenvalue weighted by molar-refractivity contribution is -0.122. The van der Waals surface area contributed by atoms with E-state index in [0.29, 0.717) is 31.0 Å². The van der Waals surface area contributed by atoms with Crippen LogP contribution in [0.3, 0.4) is 0 Å². The van der Waals surface area contributed by atoms with Crippen molar-refractivity contribution >= 4 is 74.5 Å². The van der Waals surface area contributed by atoms with Crippen molar-refractivity contribution in [2.45, 2.75) is 6.42 Å². The van der Waals surface area contributed by atoms with Gasteiger partial charge in [0.15, 0.2) is 5.52 Å². The van der Waals surface area contributed by atoms with Gasteiger partial charge in [-0.2, -0.15) is 0 Å². The number of benzene rings is 2. The van der Waals surface area contributed by atoms with Crippen LogP contribution in [-0.4, -0.2) is 37.9 Å². The smallest absolute Gasteiger partial charge is 0.266 e. The highest BCUT2D eigenvalue weighted by Crippen LogP contribution is 2.33. The number of thioether (sulfide) groups is 1. The summed E-state index contributed by atoms with van der Waals surface area (Å²) in [5.74, 6) is -0.514. The molecule has 1 saturated heterocycles. The highest BCUT2D eigenvalue weighted by molar-refractivity contribution is 8.26. The summed E-state index contributed by atoms with van der Waals surface area (Å²) in [7, 11) is 0. The zero-order valence-electron chi connectivity index (χ0n) is 14.8. The van der Waals surface area contributed by atoms with Gasteiger partial charge in [-0.25, -0.2) is 4.63 Å². The van der Waals surface area contributed by atoms with Gasteiger partial charge in [-0.05, 0) is 40.2 Å². The second-order valence-electron chi connectivity index (χ2n) is 6.09. The molecule has 2 heterocycles. The van der Waals surface area contributed by atoms with E-state index in [9.17, 15) is 9.59 Å². The molecular weight excluding hydrogens is 432 g/mol. The number of carbonyl (C=O) groups is 2. The summed E-state index contributed by atoms with van der Waals surface area (Å²) in [6.07, 6.45) is 1.79. The van der Waals surface area contributed by atoms with Gasteiger partial charge in [-0.1, -0.05) is 59.8 Å². The predicted octanol–water partition coefficient (Wildman–Crippen LogP) is 4.11. The van der Waals surface area contributed by atoms with Crippen molar-refractivity contribution in [1.29, 1.82) is 0 Å². The Bertz CT molecular complexity index is 1160. The zero-order chi connectivity index (χ0) is 20.4. The lowest BCUT2D eigenvalue weighted by Gasteiger charge is -2.14. The molecule has 0 atom stereocenters. The molecule has 7 nitrogen and oxygen atoms in total. The molecule has 1 aliphatic rings. The van der Waals surface area contributed by atoms with Gasteiger partial charge in [0.05, 0.1) is 10.6 Å². The lowest BCUT2D eigenvalue weighted by Crippen LogP contribution is -2.31. The summed E-state index contributed by atoms with van der Waals surface area (Å²) in [6.45, 7) is 0.170. The van der Waals surface area contributed by atoms with Crippen LogP contribution in [-0.2, 0) is 9.59 Å². The van der Waals surface area contributed by atoms with Crippen LogP contribution < -0.4 is 5.32 Å². The topological polar surface area (TPSA) is 88.3 Å². The fourth-order valence-electron chi connectivity index (χ4n) is 2.76. The zero-order valence-corrected chi connectivity index (χ0v) is 17.2. The summed E-state index contributed by atoms with van der Waals surface area (Å²) < 4.78 is 5.09. The normalized spacial score (nSPS) is 15.5. The molecule has 29 heavy (non-hydrogen) atoms. The molecule has 146 valence electrons. The largest absolute Gasteiger partial charge is 0.324 e. The van der Waals surface area contributed by atoms with Crippen molar-refractivity contribution in [3.8, 4) is 0 Å². The number of nitrogens with zero attached hydrogens (tertiary/aromatic N) is 3. The number of anilines is 1. The van der Waals surface area contributed by atoms with Crippen molar-refractivity contribution < 1.29 is 14.2 Å². The monoisotopic (exact) mass is 444 g/mol. The Morgan fingerprint density at radius 3 is 2.90 bits per heavy atom. The molecule has 0 aliphatic carbocycles. The van der Waals surface area contributed by atoms with E-state index in [1.807, 2.05) is 18.2 Å². The SMILES string of the molecule is O=C(CCN1C(=O)C(=Cc2ccccc2Cl)SC1=S)Nc1cccc2nonc12. The van der Waals surface area contributed by atoms with Crippen molar-refractivity contribution in [2.75, 3.05) is 11.9 Å². The molecule has 0 radical (unpaired) electrons. The summed E-state index contributed by atoms with van der Waals surface area (Å²) >= 11 is 12.7. The second kappa shape index (κ2) is 8.32. The number of thiocarbonyl (C=S) groups is 1. The minimum atomic E-state index is -0.273.